The van der Waals surface area contributed by atoms with Crippen molar-refractivity contribution in [3.8, 4) is 0 Å². The average molecular weight is 246 g/mol. The van der Waals surface area contributed by atoms with Gasteiger partial charge in [0.15, 0.2) is 9.84 Å². The molecule has 2 aliphatic rings. The van der Waals surface area contributed by atoms with E-state index in [9.17, 15) is 8.42 Å². The van der Waals surface area contributed by atoms with E-state index in [1.165, 1.54) is 6.42 Å². The van der Waals surface area contributed by atoms with Gasteiger partial charge >= 0.3 is 0 Å². The summed E-state index contributed by atoms with van der Waals surface area (Å²) in [6.45, 7) is 7.46. The van der Waals surface area contributed by atoms with E-state index in [-0.39, 0.29) is 5.25 Å². The minimum absolute atomic E-state index is 0.243. The number of sulfone groups is 1. The van der Waals surface area contributed by atoms with Gasteiger partial charge in [0.05, 0.1) is 11.0 Å². The zero-order valence-electron chi connectivity index (χ0n) is 10.1. The van der Waals surface area contributed by atoms with E-state index < -0.39 is 9.84 Å². The van der Waals surface area contributed by atoms with E-state index >= 15 is 0 Å². The summed E-state index contributed by atoms with van der Waals surface area (Å²) in [5, 5.41) is 3.23. The van der Waals surface area contributed by atoms with Crippen molar-refractivity contribution in [1.82, 2.24) is 10.2 Å². The summed E-state index contributed by atoms with van der Waals surface area (Å²) in [6, 6.07) is 0.613. The van der Waals surface area contributed by atoms with Gasteiger partial charge in [-0.3, -0.25) is 0 Å². The van der Waals surface area contributed by atoms with Gasteiger partial charge in [0, 0.05) is 25.7 Å². The molecule has 0 saturated carbocycles. The SMILES string of the molecule is CC(C)S(=O)(=O)CCN1C[C@@H]2CCN[C@@H]2C1. The molecule has 16 heavy (non-hydrogen) atoms. The molecule has 0 spiro atoms. The van der Waals surface area contributed by atoms with Crippen LogP contribution in [-0.4, -0.2) is 56.5 Å². The molecule has 2 aliphatic heterocycles. The molecule has 1 N–H and O–H groups in total. The average Bonchev–Trinajstić information content (AvgIpc) is 2.73. The maximum atomic E-state index is 11.7. The van der Waals surface area contributed by atoms with Gasteiger partial charge in [-0.25, -0.2) is 8.42 Å². The maximum Gasteiger partial charge on any atom is 0.153 e. The Kier molecular flexibility index (Phi) is 3.56. The van der Waals surface area contributed by atoms with Crippen molar-refractivity contribution in [2.24, 2.45) is 5.92 Å². The van der Waals surface area contributed by atoms with Gasteiger partial charge in [-0.05, 0) is 32.7 Å². The summed E-state index contributed by atoms with van der Waals surface area (Å²) >= 11 is 0. The number of nitrogens with zero attached hydrogens (tertiary/aromatic N) is 1. The summed E-state index contributed by atoms with van der Waals surface area (Å²) < 4.78 is 23.4. The second-order valence-electron chi connectivity index (χ2n) is 5.28. The van der Waals surface area contributed by atoms with Gasteiger partial charge in [0.2, 0.25) is 0 Å². The Balaban J connectivity index is 1.80. The molecule has 0 unspecified atom stereocenters. The molecule has 4 nitrogen and oxygen atoms in total. The molecule has 2 fully saturated rings. The molecule has 0 aromatic heterocycles. The number of nitrogens with one attached hydrogen (secondary N) is 1. The zero-order valence-corrected chi connectivity index (χ0v) is 11.0. The third-order valence-electron chi connectivity index (χ3n) is 3.85. The normalized spacial score (nSPS) is 31.2. The van der Waals surface area contributed by atoms with Crippen LogP contribution in [-0.2, 0) is 9.84 Å². The first kappa shape index (κ1) is 12.3. The lowest BCUT2D eigenvalue weighted by atomic mass is 10.1. The van der Waals surface area contributed by atoms with Crippen molar-refractivity contribution in [3.05, 3.63) is 0 Å². The highest BCUT2D eigenvalue weighted by Crippen LogP contribution is 2.24. The minimum Gasteiger partial charge on any atom is -0.312 e. The van der Waals surface area contributed by atoms with Gasteiger partial charge in [0.25, 0.3) is 0 Å². The van der Waals surface area contributed by atoms with Crippen LogP contribution in [0.5, 0.6) is 0 Å². The van der Waals surface area contributed by atoms with Crippen LogP contribution < -0.4 is 5.32 Å². The van der Waals surface area contributed by atoms with Crippen LogP contribution in [0, 0.1) is 5.92 Å². The Morgan fingerprint density at radius 1 is 1.38 bits per heavy atom. The minimum atomic E-state index is -2.87. The topological polar surface area (TPSA) is 49.4 Å². The quantitative estimate of drug-likeness (QED) is 0.764. The molecule has 5 heteroatoms. The van der Waals surface area contributed by atoms with Gasteiger partial charge in [-0.1, -0.05) is 0 Å². The summed E-state index contributed by atoms with van der Waals surface area (Å²) in [5.41, 5.74) is 0. The lowest BCUT2D eigenvalue weighted by Gasteiger charge is -2.17. The number of rotatable bonds is 4. The maximum absolute atomic E-state index is 11.7. The Hall–Kier alpha value is -0.130. The van der Waals surface area contributed by atoms with Crippen LogP contribution in [0.1, 0.15) is 20.3 Å². The third-order valence-corrected chi connectivity index (χ3v) is 6.04. The van der Waals surface area contributed by atoms with Crippen LogP contribution >= 0.6 is 0 Å². The largest absolute Gasteiger partial charge is 0.312 e. The van der Waals surface area contributed by atoms with Gasteiger partial charge in [0.1, 0.15) is 0 Å². The molecule has 2 rings (SSSR count). The Labute approximate surface area is 98.3 Å². The van der Waals surface area contributed by atoms with E-state index in [0.717, 1.165) is 25.6 Å². The predicted molar refractivity (Wildman–Crippen MR) is 65.3 cm³/mol. The number of hydrogen-bond acceptors (Lipinski definition) is 4. The molecule has 2 atom stereocenters. The fourth-order valence-electron chi connectivity index (χ4n) is 2.61. The van der Waals surface area contributed by atoms with E-state index in [1.54, 1.807) is 13.8 Å². The van der Waals surface area contributed by atoms with E-state index in [1.807, 2.05) is 0 Å². The van der Waals surface area contributed by atoms with Crippen molar-refractivity contribution in [3.63, 3.8) is 0 Å². The number of fused-ring (bicyclic) bond motifs is 1. The molecular weight excluding hydrogens is 224 g/mol. The van der Waals surface area contributed by atoms with Crippen LogP contribution in [0.2, 0.25) is 0 Å². The second kappa shape index (κ2) is 4.63. The Morgan fingerprint density at radius 2 is 2.12 bits per heavy atom. The molecule has 0 radical (unpaired) electrons. The Bertz CT molecular complexity index is 328. The highest BCUT2D eigenvalue weighted by atomic mass is 32.2. The highest BCUT2D eigenvalue weighted by Gasteiger charge is 2.35. The molecule has 0 amide bonds. The summed E-state index contributed by atoms with van der Waals surface area (Å²) in [7, 11) is -2.87. The van der Waals surface area contributed by atoms with Crippen LogP contribution in [0.25, 0.3) is 0 Å². The van der Waals surface area contributed by atoms with Crippen molar-refractivity contribution in [2.45, 2.75) is 31.6 Å². The van der Waals surface area contributed by atoms with Gasteiger partial charge < -0.3 is 10.2 Å². The van der Waals surface area contributed by atoms with Gasteiger partial charge in [-0.2, -0.15) is 0 Å². The smallest absolute Gasteiger partial charge is 0.153 e. The fourth-order valence-corrected chi connectivity index (χ4v) is 3.60. The van der Waals surface area contributed by atoms with Crippen molar-refractivity contribution in [2.75, 3.05) is 31.9 Å². The molecule has 0 aliphatic carbocycles. The first-order valence-electron chi connectivity index (χ1n) is 6.16. The predicted octanol–water partition coefficient (Wildman–Crippen LogP) is 0.103. The molecular formula is C11H22N2O2S. The first-order chi connectivity index (χ1) is 7.49. The highest BCUT2D eigenvalue weighted by molar-refractivity contribution is 7.92. The van der Waals surface area contributed by atoms with Crippen molar-refractivity contribution < 1.29 is 8.42 Å². The molecule has 2 saturated heterocycles. The standard InChI is InChI=1S/C11H22N2O2S/c1-9(2)16(14,15)6-5-13-7-10-3-4-12-11(10)8-13/h9-12H,3-8H2,1-2H3/t10-,11+/m0/s1. The van der Waals surface area contributed by atoms with E-state index in [0.29, 0.717) is 18.3 Å². The Morgan fingerprint density at radius 3 is 2.75 bits per heavy atom. The van der Waals surface area contributed by atoms with Crippen molar-refractivity contribution >= 4 is 9.84 Å². The zero-order chi connectivity index (χ0) is 11.8. The van der Waals surface area contributed by atoms with Crippen molar-refractivity contribution in [1.29, 1.82) is 0 Å². The summed E-state index contributed by atoms with van der Waals surface area (Å²) in [4.78, 5) is 2.29. The van der Waals surface area contributed by atoms with E-state index in [4.69, 9.17) is 0 Å². The third kappa shape index (κ3) is 2.57. The second-order valence-corrected chi connectivity index (χ2v) is 7.96. The van der Waals surface area contributed by atoms with Gasteiger partial charge in [-0.15, -0.1) is 0 Å². The molecule has 0 aromatic carbocycles. The lowest BCUT2D eigenvalue weighted by molar-refractivity contribution is 0.332. The molecule has 94 valence electrons. The number of likely N-dealkylation sites (tertiary alicyclic amines) is 1. The van der Waals surface area contributed by atoms with Crippen LogP contribution in [0.4, 0.5) is 0 Å². The monoisotopic (exact) mass is 246 g/mol. The first-order valence-corrected chi connectivity index (χ1v) is 7.88. The molecule has 0 aromatic rings. The van der Waals surface area contributed by atoms with Crippen LogP contribution in [0.15, 0.2) is 0 Å². The fraction of sp³-hybridized carbons (Fsp3) is 1.00. The molecule has 2 heterocycles. The number of hydrogen-bond donors (Lipinski definition) is 1. The lowest BCUT2D eigenvalue weighted by Crippen LogP contribution is -2.34. The van der Waals surface area contributed by atoms with E-state index in [2.05, 4.69) is 10.2 Å². The van der Waals surface area contributed by atoms with Crippen LogP contribution in [0.3, 0.4) is 0 Å². The summed E-state index contributed by atoms with van der Waals surface area (Å²) in [5.74, 6) is 1.06. The molecule has 0 bridgehead atoms. The summed E-state index contributed by atoms with van der Waals surface area (Å²) in [6.07, 6.45) is 1.25.